The minimum atomic E-state index is 0.523. The predicted molar refractivity (Wildman–Crippen MR) is 63.2 cm³/mol. The van der Waals surface area contributed by atoms with Gasteiger partial charge in [0.1, 0.15) is 0 Å². The fraction of sp³-hybridized carbons (Fsp3) is 0.571. The highest BCUT2D eigenvalue weighted by atomic mass is 15.0. The van der Waals surface area contributed by atoms with Gasteiger partial charge in [-0.1, -0.05) is 38.1 Å². The first-order valence-corrected chi connectivity index (χ1v) is 6.03. The minimum absolute atomic E-state index is 0.523. The van der Waals surface area contributed by atoms with Crippen molar-refractivity contribution in [3.63, 3.8) is 0 Å². The average molecular weight is 201 g/mol. The van der Waals surface area contributed by atoms with Gasteiger partial charge in [-0.15, -0.1) is 0 Å². The van der Waals surface area contributed by atoms with Gasteiger partial charge in [-0.3, -0.25) is 0 Å². The second-order valence-corrected chi connectivity index (χ2v) is 5.46. The van der Waals surface area contributed by atoms with E-state index in [1.165, 1.54) is 25.1 Å². The van der Waals surface area contributed by atoms with E-state index in [1.807, 2.05) is 0 Å². The van der Waals surface area contributed by atoms with Crippen molar-refractivity contribution in [2.45, 2.75) is 31.6 Å². The van der Waals surface area contributed by atoms with Crippen molar-refractivity contribution in [3.05, 3.63) is 35.4 Å². The summed E-state index contributed by atoms with van der Waals surface area (Å²) in [6.07, 6.45) is 1.40. The van der Waals surface area contributed by atoms with Gasteiger partial charge in [-0.25, -0.2) is 0 Å². The van der Waals surface area contributed by atoms with Crippen molar-refractivity contribution in [2.24, 2.45) is 5.92 Å². The molecule has 15 heavy (non-hydrogen) atoms. The van der Waals surface area contributed by atoms with E-state index < -0.39 is 0 Å². The van der Waals surface area contributed by atoms with E-state index in [0.717, 1.165) is 5.92 Å². The normalized spacial score (nSPS) is 33.1. The molecule has 0 unspecified atom stereocenters. The van der Waals surface area contributed by atoms with E-state index in [9.17, 15) is 0 Å². The van der Waals surface area contributed by atoms with Crippen LogP contribution in [0.25, 0.3) is 0 Å². The smallest absolute Gasteiger partial charge is 0.0122 e. The lowest BCUT2D eigenvalue weighted by Gasteiger charge is -2.13. The second-order valence-electron chi connectivity index (χ2n) is 5.46. The molecule has 2 aliphatic rings. The molecule has 3 rings (SSSR count). The SMILES string of the molecule is CC(C)c1ccc([C@@]23CNC[C@@H]2C3)cc1. The Hall–Kier alpha value is -0.820. The van der Waals surface area contributed by atoms with Crippen LogP contribution in [0.15, 0.2) is 24.3 Å². The van der Waals surface area contributed by atoms with Crippen LogP contribution in [0, 0.1) is 5.92 Å². The van der Waals surface area contributed by atoms with Crippen LogP contribution in [0.5, 0.6) is 0 Å². The molecule has 80 valence electrons. The second kappa shape index (κ2) is 3.08. The Labute approximate surface area is 91.9 Å². The molecule has 0 amide bonds. The van der Waals surface area contributed by atoms with Crippen molar-refractivity contribution in [1.82, 2.24) is 5.32 Å². The van der Waals surface area contributed by atoms with Crippen LogP contribution >= 0.6 is 0 Å². The molecule has 1 N–H and O–H groups in total. The monoisotopic (exact) mass is 201 g/mol. The van der Waals surface area contributed by atoms with E-state index >= 15 is 0 Å². The molecule has 0 radical (unpaired) electrons. The van der Waals surface area contributed by atoms with Crippen LogP contribution in [0.4, 0.5) is 0 Å². The third-order valence-corrected chi connectivity index (χ3v) is 4.22. The third-order valence-electron chi connectivity index (χ3n) is 4.22. The summed E-state index contributed by atoms with van der Waals surface area (Å²) in [5.41, 5.74) is 3.54. The quantitative estimate of drug-likeness (QED) is 0.775. The van der Waals surface area contributed by atoms with Gasteiger partial charge < -0.3 is 5.32 Å². The molecule has 1 saturated carbocycles. The molecular weight excluding hydrogens is 182 g/mol. The number of nitrogens with one attached hydrogen (secondary N) is 1. The highest BCUT2D eigenvalue weighted by molar-refractivity contribution is 5.38. The maximum atomic E-state index is 3.50. The van der Waals surface area contributed by atoms with Crippen LogP contribution in [0.1, 0.15) is 37.3 Å². The standard InChI is InChI=1S/C14H19N/c1-10(2)11-3-5-12(6-4-11)14-7-13(14)8-15-9-14/h3-6,10,13,15H,7-9H2,1-2H3/t13-,14+/m0/s1. The largest absolute Gasteiger partial charge is 0.316 e. The number of piperidine rings is 1. The summed E-state index contributed by atoms with van der Waals surface area (Å²) in [7, 11) is 0. The first-order valence-electron chi connectivity index (χ1n) is 6.03. The van der Waals surface area contributed by atoms with Crippen molar-refractivity contribution < 1.29 is 0 Å². The van der Waals surface area contributed by atoms with E-state index in [0.29, 0.717) is 11.3 Å². The van der Waals surface area contributed by atoms with Crippen molar-refractivity contribution >= 4 is 0 Å². The topological polar surface area (TPSA) is 12.0 Å². The minimum Gasteiger partial charge on any atom is -0.316 e. The van der Waals surface area contributed by atoms with Crippen LogP contribution in [-0.2, 0) is 5.41 Å². The molecule has 1 aliphatic heterocycles. The number of fused-ring (bicyclic) bond motifs is 1. The van der Waals surface area contributed by atoms with E-state index in [2.05, 4.69) is 43.4 Å². The highest BCUT2D eigenvalue weighted by Gasteiger charge is 2.57. The fourth-order valence-corrected chi connectivity index (χ4v) is 2.99. The van der Waals surface area contributed by atoms with Crippen LogP contribution in [0.3, 0.4) is 0 Å². The van der Waals surface area contributed by atoms with Gasteiger partial charge in [-0.05, 0) is 35.9 Å². The molecule has 0 aromatic heterocycles. The van der Waals surface area contributed by atoms with Gasteiger partial charge in [0.05, 0.1) is 0 Å². The molecule has 1 aliphatic carbocycles. The average Bonchev–Trinajstić information content (AvgIpc) is 2.82. The molecule has 1 aromatic carbocycles. The van der Waals surface area contributed by atoms with Crippen molar-refractivity contribution in [1.29, 1.82) is 0 Å². The summed E-state index contributed by atoms with van der Waals surface area (Å²) < 4.78 is 0. The number of hydrogen-bond acceptors (Lipinski definition) is 1. The van der Waals surface area contributed by atoms with Crippen LogP contribution in [-0.4, -0.2) is 13.1 Å². The zero-order chi connectivity index (χ0) is 10.5. The van der Waals surface area contributed by atoms with Gasteiger partial charge in [0.25, 0.3) is 0 Å². The molecule has 0 spiro atoms. The first-order chi connectivity index (χ1) is 7.22. The first kappa shape index (κ1) is 9.41. The molecule has 1 heteroatoms. The van der Waals surface area contributed by atoms with Gasteiger partial charge in [0.2, 0.25) is 0 Å². The molecule has 2 atom stereocenters. The lowest BCUT2D eigenvalue weighted by Crippen LogP contribution is -2.19. The number of benzene rings is 1. The molecule has 1 heterocycles. The Morgan fingerprint density at radius 2 is 2.00 bits per heavy atom. The maximum absolute atomic E-state index is 3.50. The Morgan fingerprint density at radius 1 is 1.27 bits per heavy atom. The van der Waals surface area contributed by atoms with Crippen molar-refractivity contribution in [2.75, 3.05) is 13.1 Å². The lowest BCUT2D eigenvalue weighted by molar-refractivity contribution is 0.675. The van der Waals surface area contributed by atoms with Crippen molar-refractivity contribution in [3.8, 4) is 0 Å². The molecule has 1 nitrogen and oxygen atoms in total. The summed E-state index contributed by atoms with van der Waals surface area (Å²) >= 11 is 0. The highest BCUT2D eigenvalue weighted by Crippen LogP contribution is 2.56. The van der Waals surface area contributed by atoms with Gasteiger partial charge in [0, 0.05) is 12.0 Å². The molecule has 0 bridgehead atoms. The number of hydrogen-bond donors (Lipinski definition) is 1. The summed E-state index contributed by atoms with van der Waals surface area (Å²) in [5, 5.41) is 3.50. The number of rotatable bonds is 2. The van der Waals surface area contributed by atoms with Crippen LogP contribution in [0.2, 0.25) is 0 Å². The Bertz CT molecular complexity index is 365. The zero-order valence-corrected chi connectivity index (χ0v) is 9.59. The predicted octanol–water partition coefficient (Wildman–Crippen LogP) is 2.67. The summed E-state index contributed by atoms with van der Waals surface area (Å²) in [6, 6.07) is 9.32. The summed E-state index contributed by atoms with van der Waals surface area (Å²) in [4.78, 5) is 0. The Morgan fingerprint density at radius 3 is 2.47 bits per heavy atom. The molecular formula is C14H19N. The van der Waals surface area contributed by atoms with E-state index in [-0.39, 0.29) is 0 Å². The van der Waals surface area contributed by atoms with Gasteiger partial charge in [-0.2, -0.15) is 0 Å². The summed E-state index contributed by atoms with van der Waals surface area (Å²) in [5.74, 6) is 1.57. The van der Waals surface area contributed by atoms with E-state index in [1.54, 1.807) is 5.56 Å². The third kappa shape index (κ3) is 1.33. The molecule has 1 saturated heterocycles. The van der Waals surface area contributed by atoms with Gasteiger partial charge >= 0.3 is 0 Å². The molecule has 2 fully saturated rings. The Balaban J connectivity index is 1.88. The maximum Gasteiger partial charge on any atom is 0.0122 e. The van der Waals surface area contributed by atoms with Crippen LogP contribution < -0.4 is 5.32 Å². The van der Waals surface area contributed by atoms with Gasteiger partial charge in [0.15, 0.2) is 0 Å². The lowest BCUT2D eigenvalue weighted by atomic mass is 9.92. The zero-order valence-electron chi connectivity index (χ0n) is 9.59. The van der Waals surface area contributed by atoms with E-state index in [4.69, 9.17) is 0 Å². The fourth-order valence-electron chi connectivity index (χ4n) is 2.99. The Kier molecular flexibility index (Phi) is 1.93. The summed E-state index contributed by atoms with van der Waals surface area (Å²) in [6.45, 7) is 6.93. The molecule has 1 aromatic rings.